The van der Waals surface area contributed by atoms with Gasteiger partial charge in [-0.2, -0.15) is 0 Å². The first-order valence-corrected chi connectivity index (χ1v) is 9.26. The zero-order chi connectivity index (χ0) is 20.5. The van der Waals surface area contributed by atoms with Crippen LogP contribution in [0.15, 0.2) is 42.5 Å². The third-order valence-electron chi connectivity index (χ3n) is 4.02. The summed E-state index contributed by atoms with van der Waals surface area (Å²) in [4.78, 5) is 42.8. The third-order valence-corrected chi connectivity index (χ3v) is 4.02. The third kappa shape index (κ3) is 5.39. The van der Waals surface area contributed by atoms with Gasteiger partial charge < -0.3 is 15.0 Å². The van der Waals surface area contributed by atoms with Gasteiger partial charge in [0.05, 0.1) is 12.7 Å². The second kappa shape index (κ2) is 10.2. The summed E-state index contributed by atoms with van der Waals surface area (Å²) in [7, 11) is 1.29. The van der Waals surface area contributed by atoms with E-state index in [1.54, 1.807) is 41.3 Å². The van der Waals surface area contributed by atoms with Crippen LogP contribution in [0.25, 0.3) is 0 Å². The summed E-state index contributed by atoms with van der Waals surface area (Å²) in [6.07, 6.45) is 1.70. The predicted octanol–water partition coefficient (Wildman–Crippen LogP) is 3.38. The zero-order valence-electron chi connectivity index (χ0n) is 16.4. The predicted molar refractivity (Wildman–Crippen MR) is 106 cm³/mol. The highest BCUT2D eigenvalue weighted by Crippen LogP contribution is 2.13. The van der Waals surface area contributed by atoms with Crippen molar-refractivity contribution < 1.29 is 19.1 Å². The van der Waals surface area contributed by atoms with Crippen LogP contribution >= 0.6 is 0 Å². The van der Waals surface area contributed by atoms with Gasteiger partial charge in [0.25, 0.3) is 11.8 Å². The van der Waals surface area contributed by atoms with Gasteiger partial charge in [0.2, 0.25) is 0 Å². The number of carbonyl (C=O) groups excluding carboxylic acids is 3. The molecule has 0 saturated heterocycles. The van der Waals surface area contributed by atoms with Crippen molar-refractivity contribution in [1.82, 2.24) is 9.88 Å². The molecule has 2 aromatic rings. The van der Waals surface area contributed by atoms with E-state index in [9.17, 15) is 14.4 Å². The Morgan fingerprint density at radius 1 is 1.00 bits per heavy atom. The number of anilines is 1. The second-order valence-corrected chi connectivity index (χ2v) is 6.23. The number of nitrogens with one attached hydrogen (secondary N) is 1. The van der Waals surface area contributed by atoms with Gasteiger partial charge in [-0.25, -0.2) is 9.78 Å². The van der Waals surface area contributed by atoms with Gasteiger partial charge in [-0.1, -0.05) is 26.0 Å². The molecule has 2 rings (SSSR count). The van der Waals surface area contributed by atoms with Crippen molar-refractivity contribution in [2.75, 3.05) is 25.5 Å². The molecule has 0 aliphatic heterocycles. The molecule has 7 heteroatoms. The van der Waals surface area contributed by atoms with E-state index < -0.39 is 11.9 Å². The van der Waals surface area contributed by atoms with E-state index in [1.165, 1.54) is 13.2 Å². The fraction of sp³-hybridized carbons (Fsp3) is 0.333. The number of hydrogen-bond donors (Lipinski definition) is 1. The number of esters is 1. The molecule has 0 atom stereocenters. The molecular weight excluding hydrogens is 358 g/mol. The first kappa shape index (κ1) is 21.1. The van der Waals surface area contributed by atoms with E-state index in [0.717, 1.165) is 12.8 Å². The van der Waals surface area contributed by atoms with Gasteiger partial charge in [0, 0.05) is 18.8 Å². The number of nitrogens with zero attached hydrogens (tertiary/aromatic N) is 2. The van der Waals surface area contributed by atoms with E-state index in [0.29, 0.717) is 24.3 Å². The highest BCUT2D eigenvalue weighted by Gasteiger charge is 2.18. The molecule has 1 N–H and O–H groups in total. The Balaban J connectivity index is 2.18. The molecule has 1 heterocycles. The van der Waals surface area contributed by atoms with Gasteiger partial charge in [-0.3, -0.25) is 9.59 Å². The standard InChI is InChI=1S/C21H25N3O4/c1-4-12-24(13-5-2)20(26)18-11-7-10-17(23-18)19(25)22-16-9-6-8-15(14-16)21(27)28-3/h6-11,14H,4-5,12-13H2,1-3H3,(H,22,25). The molecule has 1 aromatic heterocycles. The molecule has 0 saturated carbocycles. The first-order chi connectivity index (χ1) is 13.5. The number of amides is 2. The highest BCUT2D eigenvalue weighted by atomic mass is 16.5. The summed E-state index contributed by atoms with van der Waals surface area (Å²) >= 11 is 0. The summed E-state index contributed by atoms with van der Waals surface area (Å²) in [5.41, 5.74) is 1.12. The summed E-state index contributed by atoms with van der Waals surface area (Å²) < 4.78 is 4.68. The largest absolute Gasteiger partial charge is 0.465 e. The van der Waals surface area contributed by atoms with Crippen molar-refractivity contribution in [1.29, 1.82) is 0 Å². The average Bonchev–Trinajstić information content (AvgIpc) is 2.72. The number of carbonyl (C=O) groups is 3. The molecule has 148 valence electrons. The number of methoxy groups -OCH3 is 1. The van der Waals surface area contributed by atoms with E-state index >= 15 is 0 Å². The van der Waals surface area contributed by atoms with Crippen LogP contribution in [0.2, 0.25) is 0 Å². The second-order valence-electron chi connectivity index (χ2n) is 6.23. The molecule has 7 nitrogen and oxygen atoms in total. The lowest BCUT2D eigenvalue weighted by atomic mass is 10.2. The van der Waals surface area contributed by atoms with E-state index in [1.807, 2.05) is 13.8 Å². The quantitative estimate of drug-likeness (QED) is 0.706. The van der Waals surface area contributed by atoms with Crippen LogP contribution in [-0.4, -0.2) is 47.9 Å². The van der Waals surface area contributed by atoms with Gasteiger partial charge in [0.1, 0.15) is 11.4 Å². The first-order valence-electron chi connectivity index (χ1n) is 9.26. The maximum atomic E-state index is 12.7. The van der Waals surface area contributed by atoms with Crippen molar-refractivity contribution in [3.8, 4) is 0 Å². The molecule has 28 heavy (non-hydrogen) atoms. The summed E-state index contributed by atoms with van der Waals surface area (Å²) in [5.74, 6) is -1.14. The van der Waals surface area contributed by atoms with E-state index in [-0.39, 0.29) is 17.3 Å². The number of aromatic nitrogens is 1. The molecule has 0 fully saturated rings. The van der Waals surface area contributed by atoms with Crippen molar-refractivity contribution in [3.05, 3.63) is 59.4 Å². The number of rotatable bonds is 8. The number of pyridine rings is 1. The molecule has 0 bridgehead atoms. The van der Waals surface area contributed by atoms with Gasteiger partial charge >= 0.3 is 5.97 Å². The highest BCUT2D eigenvalue weighted by molar-refractivity contribution is 6.04. The SMILES string of the molecule is CCCN(CCC)C(=O)c1cccc(C(=O)Nc2cccc(C(=O)OC)c2)n1. The lowest BCUT2D eigenvalue weighted by Gasteiger charge is -2.21. The minimum atomic E-state index is -0.492. The maximum absolute atomic E-state index is 12.7. The van der Waals surface area contributed by atoms with Crippen LogP contribution in [0.4, 0.5) is 5.69 Å². The molecule has 0 aliphatic carbocycles. The van der Waals surface area contributed by atoms with Crippen LogP contribution in [0.5, 0.6) is 0 Å². The van der Waals surface area contributed by atoms with Crippen molar-refractivity contribution in [3.63, 3.8) is 0 Å². The molecule has 0 unspecified atom stereocenters. The molecule has 0 radical (unpaired) electrons. The normalized spacial score (nSPS) is 10.2. The zero-order valence-corrected chi connectivity index (χ0v) is 16.4. The Labute approximate surface area is 164 Å². The van der Waals surface area contributed by atoms with Crippen molar-refractivity contribution in [2.45, 2.75) is 26.7 Å². The fourth-order valence-corrected chi connectivity index (χ4v) is 2.73. The number of benzene rings is 1. The van der Waals surface area contributed by atoms with E-state index in [2.05, 4.69) is 15.0 Å². The van der Waals surface area contributed by atoms with Gasteiger partial charge in [-0.15, -0.1) is 0 Å². The number of ether oxygens (including phenoxy) is 1. The lowest BCUT2D eigenvalue weighted by Crippen LogP contribution is -2.33. The van der Waals surface area contributed by atoms with Crippen LogP contribution in [-0.2, 0) is 4.74 Å². The van der Waals surface area contributed by atoms with Gasteiger partial charge in [-0.05, 0) is 43.2 Å². The molecule has 1 aromatic carbocycles. The Hall–Kier alpha value is -3.22. The van der Waals surface area contributed by atoms with E-state index in [4.69, 9.17) is 0 Å². The van der Waals surface area contributed by atoms with Crippen LogP contribution in [0, 0.1) is 0 Å². The van der Waals surface area contributed by atoms with Crippen LogP contribution in [0.3, 0.4) is 0 Å². The Morgan fingerprint density at radius 3 is 2.29 bits per heavy atom. The topological polar surface area (TPSA) is 88.6 Å². The monoisotopic (exact) mass is 383 g/mol. The Kier molecular flexibility index (Phi) is 7.68. The van der Waals surface area contributed by atoms with Crippen LogP contribution < -0.4 is 5.32 Å². The molecular formula is C21H25N3O4. The molecule has 0 aliphatic rings. The van der Waals surface area contributed by atoms with Gasteiger partial charge in [0.15, 0.2) is 0 Å². The fourth-order valence-electron chi connectivity index (χ4n) is 2.73. The maximum Gasteiger partial charge on any atom is 0.337 e. The molecule has 2 amide bonds. The average molecular weight is 383 g/mol. The van der Waals surface area contributed by atoms with Crippen LogP contribution in [0.1, 0.15) is 58.0 Å². The van der Waals surface area contributed by atoms with Crippen molar-refractivity contribution in [2.24, 2.45) is 0 Å². The summed E-state index contributed by atoms with van der Waals surface area (Å²) in [5, 5.41) is 2.69. The number of hydrogen-bond acceptors (Lipinski definition) is 5. The summed E-state index contributed by atoms with van der Waals surface area (Å²) in [6, 6.07) is 11.2. The Morgan fingerprint density at radius 2 is 1.64 bits per heavy atom. The van der Waals surface area contributed by atoms with Crippen molar-refractivity contribution >= 4 is 23.5 Å². The lowest BCUT2D eigenvalue weighted by molar-refractivity contribution is 0.0600. The summed E-state index contributed by atoms with van der Waals surface area (Å²) in [6.45, 7) is 5.31. The molecule has 0 spiro atoms. The minimum Gasteiger partial charge on any atom is -0.465 e. The minimum absolute atomic E-state index is 0.127. The Bertz CT molecular complexity index is 845. The smallest absolute Gasteiger partial charge is 0.337 e.